The number of aromatic nitrogens is 1. The Morgan fingerprint density at radius 3 is 2.67 bits per heavy atom. The van der Waals surface area contributed by atoms with Crippen molar-refractivity contribution in [3.05, 3.63) is 59.8 Å². The van der Waals surface area contributed by atoms with Gasteiger partial charge in [-0.05, 0) is 24.0 Å². The van der Waals surface area contributed by atoms with E-state index in [4.69, 9.17) is 9.47 Å². The first-order chi connectivity index (χ1) is 13.2. The number of rotatable bonds is 8. The van der Waals surface area contributed by atoms with Crippen molar-refractivity contribution in [2.24, 2.45) is 0 Å². The SMILES string of the molecule is COc1cccc([C@H](CNC(=O)CSC)c2c[nH]c3ccccc23)c1OC. The van der Waals surface area contributed by atoms with E-state index in [1.54, 1.807) is 14.2 Å². The second-order valence-corrected chi connectivity index (χ2v) is 7.03. The predicted octanol–water partition coefficient (Wildman–Crippen LogP) is 3.80. The minimum Gasteiger partial charge on any atom is -0.493 e. The lowest BCUT2D eigenvalue weighted by atomic mass is 9.90. The average Bonchev–Trinajstić information content (AvgIpc) is 3.12. The molecule has 1 amide bonds. The topological polar surface area (TPSA) is 63.3 Å². The maximum absolute atomic E-state index is 12.1. The van der Waals surface area contributed by atoms with Crippen molar-refractivity contribution in [1.82, 2.24) is 10.3 Å². The van der Waals surface area contributed by atoms with Crippen LogP contribution in [0.5, 0.6) is 11.5 Å². The van der Waals surface area contributed by atoms with Crippen molar-refractivity contribution >= 4 is 28.6 Å². The molecule has 2 aromatic carbocycles. The van der Waals surface area contributed by atoms with Gasteiger partial charge in [0.15, 0.2) is 11.5 Å². The Kier molecular flexibility index (Phi) is 6.29. The number of H-pyrrole nitrogens is 1. The third kappa shape index (κ3) is 4.06. The van der Waals surface area contributed by atoms with Gasteiger partial charge in [0.1, 0.15) is 0 Å². The van der Waals surface area contributed by atoms with Crippen molar-refractivity contribution in [3.8, 4) is 11.5 Å². The molecule has 0 saturated heterocycles. The van der Waals surface area contributed by atoms with Crippen molar-refractivity contribution < 1.29 is 14.3 Å². The molecule has 3 rings (SSSR count). The number of carbonyl (C=O) groups is 1. The molecule has 1 aromatic heterocycles. The normalized spacial score (nSPS) is 12.0. The highest BCUT2D eigenvalue weighted by molar-refractivity contribution is 7.99. The van der Waals surface area contributed by atoms with E-state index in [1.807, 2.05) is 48.9 Å². The zero-order valence-corrected chi connectivity index (χ0v) is 16.6. The molecule has 5 nitrogen and oxygen atoms in total. The second kappa shape index (κ2) is 8.86. The molecule has 0 saturated carbocycles. The van der Waals surface area contributed by atoms with Crippen LogP contribution in [0.4, 0.5) is 0 Å². The predicted molar refractivity (Wildman–Crippen MR) is 111 cm³/mol. The van der Waals surface area contributed by atoms with Gasteiger partial charge in [0, 0.05) is 35.1 Å². The quantitative estimate of drug-likeness (QED) is 0.620. The average molecular weight is 385 g/mol. The van der Waals surface area contributed by atoms with Crippen LogP contribution < -0.4 is 14.8 Å². The number of carbonyl (C=O) groups excluding carboxylic acids is 1. The lowest BCUT2D eigenvalue weighted by molar-refractivity contribution is -0.118. The lowest BCUT2D eigenvalue weighted by Gasteiger charge is -2.22. The summed E-state index contributed by atoms with van der Waals surface area (Å²) < 4.78 is 11.1. The molecule has 27 heavy (non-hydrogen) atoms. The Hall–Kier alpha value is -2.60. The summed E-state index contributed by atoms with van der Waals surface area (Å²) in [7, 11) is 3.27. The monoisotopic (exact) mass is 384 g/mol. The summed E-state index contributed by atoms with van der Waals surface area (Å²) in [6, 6.07) is 14.0. The van der Waals surface area contributed by atoms with Gasteiger partial charge in [-0.1, -0.05) is 30.3 Å². The Labute approximate surface area is 163 Å². The fourth-order valence-electron chi connectivity index (χ4n) is 3.35. The van der Waals surface area contributed by atoms with Crippen LogP contribution >= 0.6 is 11.8 Å². The highest BCUT2D eigenvalue weighted by Gasteiger charge is 2.24. The van der Waals surface area contributed by atoms with E-state index in [1.165, 1.54) is 11.8 Å². The summed E-state index contributed by atoms with van der Waals surface area (Å²) in [5.41, 5.74) is 3.16. The number of methoxy groups -OCH3 is 2. The highest BCUT2D eigenvalue weighted by atomic mass is 32.2. The maximum Gasteiger partial charge on any atom is 0.230 e. The number of amides is 1. The van der Waals surface area contributed by atoms with Crippen LogP contribution in [0, 0.1) is 0 Å². The molecule has 1 atom stereocenters. The molecule has 0 radical (unpaired) electrons. The van der Waals surface area contributed by atoms with Crippen LogP contribution in [-0.4, -0.2) is 43.7 Å². The smallest absolute Gasteiger partial charge is 0.230 e. The minimum atomic E-state index is -0.0722. The van der Waals surface area contributed by atoms with Gasteiger partial charge in [-0.3, -0.25) is 4.79 Å². The Balaban J connectivity index is 2.07. The van der Waals surface area contributed by atoms with Crippen molar-refractivity contribution in [2.45, 2.75) is 5.92 Å². The van der Waals surface area contributed by atoms with E-state index in [2.05, 4.69) is 16.4 Å². The van der Waals surface area contributed by atoms with Crippen molar-refractivity contribution in [2.75, 3.05) is 32.8 Å². The van der Waals surface area contributed by atoms with Crippen LogP contribution in [0.1, 0.15) is 17.0 Å². The summed E-state index contributed by atoms with van der Waals surface area (Å²) in [5, 5.41) is 4.18. The number of ether oxygens (including phenoxy) is 2. The van der Waals surface area contributed by atoms with Crippen LogP contribution in [0.25, 0.3) is 10.9 Å². The van der Waals surface area contributed by atoms with Gasteiger partial charge in [-0.15, -0.1) is 0 Å². The van der Waals surface area contributed by atoms with Gasteiger partial charge in [0.05, 0.1) is 20.0 Å². The molecule has 0 spiro atoms. The molecule has 6 heteroatoms. The van der Waals surface area contributed by atoms with Gasteiger partial charge >= 0.3 is 0 Å². The fourth-order valence-corrected chi connectivity index (χ4v) is 3.72. The first-order valence-corrected chi connectivity index (χ1v) is 10.1. The van der Waals surface area contributed by atoms with E-state index in [-0.39, 0.29) is 11.8 Å². The first-order valence-electron chi connectivity index (χ1n) is 8.72. The number of para-hydroxylation sites is 2. The third-order valence-electron chi connectivity index (χ3n) is 4.58. The summed E-state index contributed by atoms with van der Waals surface area (Å²) in [6.07, 6.45) is 3.93. The van der Waals surface area contributed by atoms with Gasteiger partial charge < -0.3 is 19.8 Å². The van der Waals surface area contributed by atoms with Gasteiger partial charge in [0.25, 0.3) is 0 Å². The largest absolute Gasteiger partial charge is 0.493 e. The molecular formula is C21H24N2O3S. The molecule has 1 heterocycles. The number of aromatic amines is 1. The molecule has 0 aliphatic heterocycles. The summed E-state index contributed by atoms with van der Waals surface area (Å²) in [6.45, 7) is 0.477. The zero-order valence-electron chi connectivity index (χ0n) is 15.7. The van der Waals surface area contributed by atoms with E-state index in [9.17, 15) is 4.79 Å². The van der Waals surface area contributed by atoms with Crippen LogP contribution in [-0.2, 0) is 4.79 Å². The van der Waals surface area contributed by atoms with Crippen LogP contribution in [0.2, 0.25) is 0 Å². The molecule has 0 aliphatic rings. The minimum absolute atomic E-state index is 0.0224. The molecule has 0 aliphatic carbocycles. The van der Waals surface area contributed by atoms with Crippen LogP contribution in [0.3, 0.4) is 0 Å². The summed E-state index contributed by atoms with van der Waals surface area (Å²) >= 11 is 1.51. The number of nitrogens with one attached hydrogen (secondary N) is 2. The number of benzene rings is 2. The van der Waals surface area contributed by atoms with Gasteiger partial charge in [0.2, 0.25) is 5.91 Å². The van der Waals surface area contributed by atoms with E-state index < -0.39 is 0 Å². The van der Waals surface area contributed by atoms with Gasteiger partial charge in [-0.25, -0.2) is 0 Å². The first kappa shape index (κ1) is 19.2. The second-order valence-electron chi connectivity index (χ2n) is 6.16. The summed E-state index contributed by atoms with van der Waals surface area (Å²) in [5.74, 6) is 1.76. The molecule has 0 bridgehead atoms. The third-order valence-corrected chi connectivity index (χ3v) is 5.14. The maximum atomic E-state index is 12.1. The number of hydrogen-bond acceptors (Lipinski definition) is 4. The number of fused-ring (bicyclic) bond motifs is 1. The lowest BCUT2D eigenvalue weighted by Crippen LogP contribution is -2.30. The number of hydrogen-bond donors (Lipinski definition) is 2. The summed E-state index contributed by atoms with van der Waals surface area (Å²) in [4.78, 5) is 15.4. The molecular weight excluding hydrogens is 360 g/mol. The molecule has 2 N–H and O–H groups in total. The number of thioether (sulfide) groups is 1. The Morgan fingerprint density at radius 1 is 1.11 bits per heavy atom. The highest BCUT2D eigenvalue weighted by Crippen LogP contribution is 2.40. The van der Waals surface area contributed by atoms with E-state index in [0.717, 1.165) is 22.0 Å². The fraction of sp³-hybridized carbons (Fsp3) is 0.286. The van der Waals surface area contributed by atoms with Crippen molar-refractivity contribution in [3.63, 3.8) is 0 Å². The van der Waals surface area contributed by atoms with Crippen LogP contribution in [0.15, 0.2) is 48.7 Å². The van der Waals surface area contributed by atoms with Crippen molar-refractivity contribution in [1.29, 1.82) is 0 Å². The molecule has 0 fully saturated rings. The Bertz CT molecular complexity index is 923. The van der Waals surface area contributed by atoms with E-state index >= 15 is 0 Å². The molecule has 3 aromatic rings. The molecule has 0 unspecified atom stereocenters. The Morgan fingerprint density at radius 2 is 1.93 bits per heavy atom. The van der Waals surface area contributed by atoms with Gasteiger partial charge in [-0.2, -0.15) is 11.8 Å². The van der Waals surface area contributed by atoms with E-state index in [0.29, 0.717) is 23.8 Å². The standard InChI is InChI=1S/C21H24N2O3S/c1-25-19-10-6-8-15(21(19)26-2)17(12-23-20(24)13-27-3)16-11-22-18-9-5-4-7-14(16)18/h4-11,17,22H,12-13H2,1-3H3,(H,23,24)/t17-/m0/s1. The molecule has 142 valence electrons. The zero-order chi connectivity index (χ0) is 19.2.